The molecule has 0 saturated heterocycles. The molecule has 4 nitrogen and oxygen atoms in total. The molecule has 1 amide bonds. The number of esters is 1. The Balaban J connectivity index is 2.53. The third-order valence-electron chi connectivity index (χ3n) is 3.54. The van der Waals surface area contributed by atoms with Crippen LogP contribution in [0.15, 0.2) is 0 Å². The van der Waals surface area contributed by atoms with Crippen molar-refractivity contribution in [2.24, 2.45) is 11.3 Å². The molecule has 0 radical (unpaired) electrons. The molecule has 1 rings (SSSR count). The van der Waals surface area contributed by atoms with Crippen molar-refractivity contribution in [3.63, 3.8) is 0 Å². The van der Waals surface area contributed by atoms with Crippen molar-refractivity contribution in [3.05, 3.63) is 0 Å². The smallest absolute Gasteiger partial charge is 0.325 e. The topological polar surface area (TPSA) is 55.4 Å². The second-order valence-electron chi connectivity index (χ2n) is 5.57. The van der Waals surface area contributed by atoms with Crippen LogP contribution >= 0.6 is 0 Å². The molecule has 1 aliphatic rings. The molecule has 0 aliphatic heterocycles. The first-order valence-electron chi connectivity index (χ1n) is 6.94. The van der Waals surface area contributed by atoms with E-state index in [1.807, 2.05) is 0 Å². The first kappa shape index (κ1) is 15.0. The van der Waals surface area contributed by atoms with Crippen molar-refractivity contribution in [2.45, 2.75) is 52.9 Å². The van der Waals surface area contributed by atoms with E-state index < -0.39 is 0 Å². The fraction of sp³-hybridized carbons (Fsp3) is 0.857. The zero-order valence-electron chi connectivity index (χ0n) is 11.8. The largest absolute Gasteiger partial charge is 0.465 e. The SMILES string of the molecule is CCOC(=O)CNC(=O)C1(CC(C)C)CCCC1. The van der Waals surface area contributed by atoms with Crippen molar-refractivity contribution in [1.29, 1.82) is 0 Å². The van der Waals surface area contributed by atoms with Crippen LogP contribution in [-0.2, 0) is 14.3 Å². The van der Waals surface area contributed by atoms with Gasteiger partial charge in [-0.05, 0) is 32.1 Å². The maximum Gasteiger partial charge on any atom is 0.325 e. The number of hydrogen-bond acceptors (Lipinski definition) is 3. The van der Waals surface area contributed by atoms with E-state index in [-0.39, 0.29) is 23.8 Å². The minimum absolute atomic E-state index is 0.00742. The van der Waals surface area contributed by atoms with Gasteiger partial charge in [0.05, 0.1) is 6.61 Å². The van der Waals surface area contributed by atoms with E-state index in [1.54, 1.807) is 6.92 Å². The van der Waals surface area contributed by atoms with E-state index in [9.17, 15) is 9.59 Å². The lowest BCUT2D eigenvalue weighted by molar-refractivity contribution is -0.144. The van der Waals surface area contributed by atoms with Gasteiger partial charge in [0.25, 0.3) is 0 Å². The van der Waals surface area contributed by atoms with Gasteiger partial charge in [0.15, 0.2) is 0 Å². The minimum atomic E-state index is -0.358. The Morgan fingerprint density at radius 3 is 2.39 bits per heavy atom. The number of hydrogen-bond donors (Lipinski definition) is 1. The Hall–Kier alpha value is -1.06. The van der Waals surface area contributed by atoms with E-state index in [4.69, 9.17) is 4.74 Å². The van der Waals surface area contributed by atoms with Gasteiger partial charge in [0, 0.05) is 5.41 Å². The molecule has 1 fully saturated rings. The molecule has 1 aliphatic carbocycles. The summed E-state index contributed by atoms with van der Waals surface area (Å²) < 4.78 is 4.82. The Bertz CT molecular complexity index is 293. The summed E-state index contributed by atoms with van der Waals surface area (Å²) in [5.74, 6) is 0.168. The molecule has 104 valence electrons. The first-order valence-corrected chi connectivity index (χ1v) is 6.94. The quantitative estimate of drug-likeness (QED) is 0.741. The fourth-order valence-electron chi connectivity index (χ4n) is 2.91. The summed E-state index contributed by atoms with van der Waals surface area (Å²) in [6, 6.07) is 0. The molecule has 1 saturated carbocycles. The molecule has 0 aromatic carbocycles. The maximum atomic E-state index is 12.3. The number of amides is 1. The summed E-state index contributed by atoms with van der Waals surface area (Å²) in [6.07, 6.45) is 5.01. The number of carbonyl (C=O) groups is 2. The highest BCUT2D eigenvalue weighted by Gasteiger charge is 2.41. The highest BCUT2D eigenvalue weighted by Crippen LogP contribution is 2.43. The molecular weight excluding hydrogens is 230 g/mol. The predicted octanol–water partition coefficient (Wildman–Crippen LogP) is 2.27. The normalized spacial score (nSPS) is 17.8. The molecule has 0 atom stereocenters. The van der Waals surface area contributed by atoms with Crippen molar-refractivity contribution in [3.8, 4) is 0 Å². The monoisotopic (exact) mass is 255 g/mol. The third kappa shape index (κ3) is 4.00. The molecule has 18 heavy (non-hydrogen) atoms. The van der Waals surface area contributed by atoms with E-state index in [0.717, 1.165) is 32.1 Å². The van der Waals surface area contributed by atoms with Crippen LogP contribution in [0.1, 0.15) is 52.9 Å². The molecule has 1 N–H and O–H groups in total. The van der Waals surface area contributed by atoms with Crippen LogP contribution in [-0.4, -0.2) is 25.0 Å². The zero-order valence-corrected chi connectivity index (χ0v) is 11.8. The van der Waals surface area contributed by atoms with E-state index in [0.29, 0.717) is 12.5 Å². The van der Waals surface area contributed by atoms with Gasteiger partial charge in [-0.25, -0.2) is 0 Å². The lowest BCUT2D eigenvalue weighted by Gasteiger charge is -2.29. The predicted molar refractivity (Wildman–Crippen MR) is 70.0 cm³/mol. The summed E-state index contributed by atoms with van der Waals surface area (Å²) in [7, 11) is 0. The molecule has 0 heterocycles. The van der Waals surface area contributed by atoms with E-state index in [1.165, 1.54) is 0 Å². The summed E-state index contributed by atoms with van der Waals surface area (Å²) in [5, 5.41) is 2.74. The second-order valence-corrected chi connectivity index (χ2v) is 5.57. The van der Waals surface area contributed by atoms with Crippen molar-refractivity contribution in [2.75, 3.05) is 13.2 Å². The van der Waals surface area contributed by atoms with E-state index >= 15 is 0 Å². The lowest BCUT2D eigenvalue weighted by atomic mass is 9.77. The van der Waals surface area contributed by atoms with Gasteiger partial charge in [-0.15, -0.1) is 0 Å². The number of rotatable bonds is 6. The average Bonchev–Trinajstić information content (AvgIpc) is 2.75. The molecule has 0 unspecified atom stereocenters. The molecule has 0 aromatic rings. The highest BCUT2D eigenvalue weighted by atomic mass is 16.5. The first-order chi connectivity index (χ1) is 8.50. The average molecular weight is 255 g/mol. The highest BCUT2D eigenvalue weighted by molar-refractivity contribution is 5.86. The molecule has 0 bridgehead atoms. The van der Waals surface area contributed by atoms with Crippen molar-refractivity contribution >= 4 is 11.9 Å². The summed E-state index contributed by atoms with van der Waals surface area (Å²) in [6.45, 7) is 6.38. The van der Waals surface area contributed by atoms with Gasteiger partial charge in [0.1, 0.15) is 6.54 Å². The van der Waals surface area contributed by atoms with Crippen LogP contribution in [0.25, 0.3) is 0 Å². The number of ether oxygens (including phenoxy) is 1. The van der Waals surface area contributed by atoms with Crippen LogP contribution in [0.2, 0.25) is 0 Å². The standard InChI is InChI=1S/C14H25NO3/c1-4-18-12(16)10-15-13(17)14(9-11(2)3)7-5-6-8-14/h11H,4-10H2,1-3H3,(H,15,17). The van der Waals surface area contributed by atoms with Crippen molar-refractivity contribution in [1.82, 2.24) is 5.32 Å². The van der Waals surface area contributed by atoms with Gasteiger partial charge in [0.2, 0.25) is 5.91 Å². The van der Waals surface area contributed by atoms with Crippen LogP contribution in [0.4, 0.5) is 0 Å². The van der Waals surface area contributed by atoms with Gasteiger partial charge in [-0.3, -0.25) is 9.59 Å². The molecular formula is C14H25NO3. The van der Waals surface area contributed by atoms with Crippen LogP contribution in [0, 0.1) is 11.3 Å². The Kier molecular flexibility index (Phi) is 5.63. The molecule has 0 aromatic heterocycles. The zero-order chi connectivity index (χ0) is 13.6. The third-order valence-corrected chi connectivity index (χ3v) is 3.54. The Morgan fingerprint density at radius 1 is 1.28 bits per heavy atom. The van der Waals surface area contributed by atoms with Crippen LogP contribution in [0.3, 0.4) is 0 Å². The summed E-state index contributed by atoms with van der Waals surface area (Å²) in [4.78, 5) is 23.5. The Labute approximate surface area is 109 Å². The number of carbonyl (C=O) groups excluding carboxylic acids is 2. The van der Waals surface area contributed by atoms with Gasteiger partial charge < -0.3 is 10.1 Å². The molecule has 4 heteroatoms. The fourth-order valence-corrected chi connectivity index (χ4v) is 2.91. The van der Waals surface area contributed by atoms with Gasteiger partial charge >= 0.3 is 5.97 Å². The van der Waals surface area contributed by atoms with Crippen LogP contribution in [0.5, 0.6) is 0 Å². The van der Waals surface area contributed by atoms with Crippen molar-refractivity contribution < 1.29 is 14.3 Å². The van der Waals surface area contributed by atoms with E-state index in [2.05, 4.69) is 19.2 Å². The van der Waals surface area contributed by atoms with Gasteiger partial charge in [-0.2, -0.15) is 0 Å². The second kappa shape index (κ2) is 6.76. The summed E-state index contributed by atoms with van der Waals surface area (Å²) in [5.41, 5.74) is -0.249. The Morgan fingerprint density at radius 2 is 1.89 bits per heavy atom. The van der Waals surface area contributed by atoms with Gasteiger partial charge in [-0.1, -0.05) is 26.7 Å². The van der Waals surface area contributed by atoms with Crippen LogP contribution < -0.4 is 5.32 Å². The molecule has 0 spiro atoms. The maximum absolute atomic E-state index is 12.3. The number of nitrogens with one attached hydrogen (secondary N) is 1. The minimum Gasteiger partial charge on any atom is -0.465 e. The summed E-state index contributed by atoms with van der Waals surface area (Å²) >= 11 is 0. The lowest BCUT2D eigenvalue weighted by Crippen LogP contribution is -2.42.